The van der Waals surface area contributed by atoms with Crippen molar-refractivity contribution < 1.29 is 4.79 Å². The smallest absolute Gasteiger partial charge is 0.302 e. The maximum Gasteiger partial charge on any atom is 0.328 e. The summed E-state index contributed by atoms with van der Waals surface area (Å²) in [6, 6.07) is 17.4. The Hall–Kier alpha value is -3.84. The second-order valence-electron chi connectivity index (χ2n) is 6.59. The zero-order chi connectivity index (χ0) is 20.6. The molecular weight excluding hydrogens is 358 g/mol. The summed E-state index contributed by atoms with van der Waals surface area (Å²) in [5.74, 6) is 6.10. The number of nitrogens with zero attached hydrogens (tertiary/aromatic N) is 3. The van der Waals surface area contributed by atoms with Gasteiger partial charge < -0.3 is 4.90 Å². The molecule has 0 heterocycles. The van der Waals surface area contributed by atoms with Crippen molar-refractivity contribution in [2.24, 2.45) is 4.99 Å². The minimum Gasteiger partial charge on any atom is -0.302 e. The Morgan fingerprint density at radius 2 is 1.83 bits per heavy atom. The number of rotatable bonds is 5. The molecule has 0 unspecified atom stereocenters. The zero-order valence-electron chi connectivity index (χ0n) is 16.7. The Morgan fingerprint density at radius 1 is 1.10 bits per heavy atom. The Bertz CT molecular complexity index is 1030. The van der Waals surface area contributed by atoms with Crippen LogP contribution in [0.2, 0.25) is 0 Å². The molecular formula is C25H23N3O. The van der Waals surface area contributed by atoms with Crippen LogP contribution in [0.25, 0.3) is 11.3 Å². The first-order valence-electron chi connectivity index (χ1n) is 9.29. The van der Waals surface area contributed by atoms with Crippen molar-refractivity contribution in [3.63, 3.8) is 0 Å². The Kier molecular flexibility index (Phi) is 6.44. The molecule has 0 atom stereocenters. The molecule has 0 radical (unpaired) electrons. The monoisotopic (exact) mass is 381 g/mol. The predicted octanol–water partition coefficient (Wildman–Crippen LogP) is 5.22. The molecule has 0 saturated heterocycles. The predicted molar refractivity (Wildman–Crippen MR) is 121 cm³/mol. The average molecular weight is 381 g/mol. The normalized spacial score (nSPS) is 12.9. The van der Waals surface area contributed by atoms with E-state index < -0.39 is 0 Å². The van der Waals surface area contributed by atoms with E-state index in [4.69, 9.17) is 0 Å². The number of urea groups is 1. The van der Waals surface area contributed by atoms with Crippen LogP contribution >= 0.6 is 0 Å². The summed E-state index contributed by atoms with van der Waals surface area (Å²) in [5.41, 5.74) is 4.63. The van der Waals surface area contributed by atoms with Crippen LogP contribution in [0.5, 0.6) is 0 Å². The highest BCUT2D eigenvalue weighted by Gasteiger charge is 2.15. The van der Waals surface area contributed by atoms with E-state index in [1.165, 1.54) is 10.5 Å². The van der Waals surface area contributed by atoms with E-state index >= 15 is 0 Å². The van der Waals surface area contributed by atoms with Crippen molar-refractivity contribution in [1.82, 2.24) is 4.90 Å². The third kappa shape index (κ3) is 4.91. The zero-order valence-corrected chi connectivity index (χ0v) is 16.7. The molecule has 2 aromatic carbocycles. The molecule has 0 N–H and O–H groups in total. The maximum absolute atomic E-state index is 12.7. The summed E-state index contributed by atoms with van der Waals surface area (Å²) in [6.07, 6.45) is 8.30. The number of carbonyl (C=O) groups is 1. The van der Waals surface area contributed by atoms with Crippen molar-refractivity contribution in [3.05, 3.63) is 90.2 Å². The average Bonchev–Trinajstić information content (AvgIpc) is 3.06. The van der Waals surface area contributed by atoms with Gasteiger partial charge in [0.1, 0.15) is 0 Å². The summed E-state index contributed by atoms with van der Waals surface area (Å²) >= 11 is 0. The van der Waals surface area contributed by atoms with Crippen LogP contribution in [-0.4, -0.2) is 31.7 Å². The van der Waals surface area contributed by atoms with Gasteiger partial charge in [0, 0.05) is 38.0 Å². The summed E-state index contributed by atoms with van der Waals surface area (Å²) in [7, 11) is 3.46. The van der Waals surface area contributed by atoms with Crippen molar-refractivity contribution in [3.8, 4) is 11.8 Å². The highest BCUT2D eigenvalue weighted by Crippen LogP contribution is 2.23. The number of hydrogen-bond acceptors (Lipinski definition) is 2. The van der Waals surface area contributed by atoms with Crippen LogP contribution in [0.15, 0.2) is 84.0 Å². The van der Waals surface area contributed by atoms with E-state index in [1.807, 2.05) is 66.7 Å². The fourth-order valence-corrected chi connectivity index (χ4v) is 2.97. The second kappa shape index (κ2) is 9.38. The van der Waals surface area contributed by atoms with Crippen LogP contribution in [0, 0.1) is 11.8 Å². The van der Waals surface area contributed by atoms with Crippen molar-refractivity contribution in [2.75, 3.05) is 19.0 Å². The van der Waals surface area contributed by atoms with Gasteiger partial charge in [-0.2, -0.15) is 0 Å². The van der Waals surface area contributed by atoms with Gasteiger partial charge in [-0.25, -0.2) is 4.79 Å². The first-order chi connectivity index (χ1) is 14.1. The van der Waals surface area contributed by atoms with E-state index in [2.05, 4.69) is 29.6 Å². The number of para-hydroxylation sites is 1. The quantitative estimate of drug-likeness (QED) is 0.517. The van der Waals surface area contributed by atoms with Gasteiger partial charge >= 0.3 is 6.03 Å². The van der Waals surface area contributed by atoms with Crippen LogP contribution in [0.4, 0.5) is 10.5 Å². The molecule has 0 fully saturated rings. The van der Waals surface area contributed by atoms with Crippen molar-refractivity contribution >= 4 is 29.7 Å². The Labute approximate surface area is 172 Å². The first kappa shape index (κ1) is 19.9. The van der Waals surface area contributed by atoms with E-state index in [0.717, 1.165) is 23.2 Å². The third-order valence-electron chi connectivity index (χ3n) is 4.63. The summed E-state index contributed by atoms with van der Waals surface area (Å²) in [5, 5.41) is 0. The van der Waals surface area contributed by atoms with Crippen LogP contribution in [0.1, 0.15) is 17.5 Å². The lowest BCUT2D eigenvalue weighted by atomic mass is 10.0. The van der Waals surface area contributed by atoms with E-state index in [1.54, 1.807) is 25.2 Å². The molecule has 144 valence electrons. The van der Waals surface area contributed by atoms with Crippen molar-refractivity contribution in [1.29, 1.82) is 0 Å². The van der Waals surface area contributed by atoms with Crippen LogP contribution < -0.4 is 4.90 Å². The lowest BCUT2D eigenvalue weighted by Crippen LogP contribution is -2.35. The third-order valence-corrected chi connectivity index (χ3v) is 4.63. The number of anilines is 1. The molecule has 29 heavy (non-hydrogen) atoms. The maximum atomic E-state index is 12.7. The minimum absolute atomic E-state index is 0.164. The van der Waals surface area contributed by atoms with Gasteiger partial charge in [-0.05, 0) is 36.1 Å². The number of amides is 2. The van der Waals surface area contributed by atoms with Gasteiger partial charge in [0.15, 0.2) is 0 Å². The summed E-state index contributed by atoms with van der Waals surface area (Å²) in [6.45, 7) is 3.67. The molecule has 2 amide bonds. The van der Waals surface area contributed by atoms with Crippen LogP contribution in [0.3, 0.4) is 0 Å². The number of allylic oxidation sites excluding steroid dienone is 4. The standard InChI is InChI=1S/C25H23N3O/c1-26-24(19-27(2)25(29)28(3)23-13-9-6-10-14-23)22-17-15-21(16-18-22)20-11-7-4-5-8-12-20/h4,6-7,9-11,13-19H,1,12H2,2-3H3. The topological polar surface area (TPSA) is 35.9 Å². The molecule has 0 spiro atoms. The number of benzene rings is 2. The first-order valence-corrected chi connectivity index (χ1v) is 9.29. The molecule has 2 aromatic rings. The summed E-state index contributed by atoms with van der Waals surface area (Å²) in [4.78, 5) is 20.0. The molecule has 0 bridgehead atoms. The van der Waals surface area contributed by atoms with Gasteiger partial charge in [0.25, 0.3) is 0 Å². The number of aliphatic imine (C=N–C) groups is 1. The molecule has 1 aliphatic carbocycles. The Morgan fingerprint density at radius 3 is 2.52 bits per heavy atom. The van der Waals surface area contributed by atoms with Gasteiger partial charge in [0.2, 0.25) is 0 Å². The number of hydrogen-bond donors (Lipinski definition) is 0. The molecule has 4 heteroatoms. The summed E-state index contributed by atoms with van der Waals surface area (Å²) < 4.78 is 0. The van der Waals surface area contributed by atoms with E-state index in [-0.39, 0.29) is 6.03 Å². The fourth-order valence-electron chi connectivity index (χ4n) is 2.97. The Balaban J connectivity index is 1.78. The SMILES string of the molecule is C=NC(=CN(C)C(=O)N(C)c1ccccc1)c1ccc(C2=CC=CC#CC2)cc1. The van der Waals surface area contributed by atoms with Gasteiger partial charge in [-0.3, -0.25) is 9.89 Å². The highest BCUT2D eigenvalue weighted by atomic mass is 16.2. The minimum atomic E-state index is -0.164. The lowest BCUT2D eigenvalue weighted by molar-refractivity contribution is 0.230. The molecule has 0 saturated carbocycles. The van der Waals surface area contributed by atoms with Crippen molar-refractivity contribution in [2.45, 2.75) is 6.42 Å². The lowest BCUT2D eigenvalue weighted by Gasteiger charge is -2.23. The second-order valence-corrected chi connectivity index (χ2v) is 6.59. The molecule has 4 nitrogen and oxygen atoms in total. The molecule has 0 aliphatic heterocycles. The van der Waals surface area contributed by atoms with Crippen LogP contribution in [-0.2, 0) is 0 Å². The molecule has 0 aromatic heterocycles. The fraction of sp³-hybridized carbons (Fsp3) is 0.120. The van der Waals surface area contributed by atoms with Gasteiger partial charge in [0.05, 0.1) is 5.70 Å². The van der Waals surface area contributed by atoms with E-state index in [0.29, 0.717) is 5.70 Å². The molecule has 1 aliphatic rings. The van der Waals surface area contributed by atoms with Gasteiger partial charge in [-0.15, -0.1) is 0 Å². The number of carbonyl (C=O) groups excluding carboxylic acids is 1. The molecule has 3 rings (SSSR count). The largest absolute Gasteiger partial charge is 0.328 e. The van der Waals surface area contributed by atoms with Gasteiger partial charge in [-0.1, -0.05) is 66.5 Å². The highest BCUT2D eigenvalue weighted by molar-refractivity contribution is 5.92. The van der Waals surface area contributed by atoms with E-state index in [9.17, 15) is 4.79 Å².